The van der Waals surface area contributed by atoms with Gasteiger partial charge in [0.1, 0.15) is 5.78 Å². The maximum atomic E-state index is 11.6. The molecule has 0 amide bonds. The maximum Gasteiger partial charge on any atom is 0.303 e. The van der Waals surface area contributed by atoms with Gasteiger partial charge in [0.25, 0.3) is 0 Å². The third kappa shape index (κ3) is 7.43. The van der Waals surface area contributed by atoms with Crippen molar-refractivity contribution in [2.24, 2.45) is 17.8 Å². The van der Waals surface area contributed by atoms with Crippen LogP contribution < -0.4 is 0 Å². The van der Waals surface area contributed by atoms with Crippen LogP contribution in [0.5, 0.6) is 0 Å². The summed E-state index contributed by atoms with van der Waals surface area (Å²) in [5.41, 5.74) is 0. The summed E-state index contributed by atoms with van der Waals surface area (Å²) in [4.78, 5) is 22.3. The molecule has 0 bridgehead atoms. The second-order valence-corrected chi connectivity index (χ2v) is 5.26. The van der Waals surface area contributed by atoms with Crippen LogP contribution in [0.4, 0.5) is 0 Å². The Kier molecular flexibility index (Phi) is 7.02. The number of hydrogen-bond acceptors (Lipinski definition) is 2. The molecule has 1 atom stereocenters. The number of Topliss-reactive ketones (excluding diaryl/α,β-unsaturated/α-hetero) is 1. The fourth-order valence-electron chi connectivity index (χ4n) is 1.61. The number of carboxylic acid groups (broad SMARTS) is 1. The van der Waals surface area contributed by atoms with Crippen LogP contribution in [0.2, 0.25) is 0 Å². The predicted molar refractivity (Wildman–Crippen MR) is 64.3 cm³/mol. The number of rotatable bonds is 8. The summed E-state index contributed by atoms with van der Waals surface area (Å²) in [6, 6.07) is 0. The predicted octanol–water partition coefficient (Wildman–Crippen LogP) is 3.13. The molecular weight excluding hydrogens is 204 g/mol. The van der Waals surface area contributed by atoms with Gasteiger partial charge in [-0.15, -0.1) is 0 Å². The molecule has 0 saturated heterocycles. The van der Waals surface area contributed by atoms with E-state index in [9.17, 15) is 9.59 Å². The van der Waals surface area contributed by atoms with E-state index in [1.807, 2.05) is 13.8 Å². The summed E-state index contributed by atoms with van der Waals surface area (Å²) >= 11 is 0. The Hall–Kier alpha value is -0.860. The SMILES string of the molecule is CC(C)CCC(CC(=O)O)CC(=O)C(C)C. The van der Waals surface area contributed by atoms with Gasteiger partial charge in [-0.05, 0) is 18.3 Å². The van der Waals surface area contributed by atoms with Gasteiger partial charge in [-0.3, -0.25) is 9.59 Å². The summed E-state index contributed by atoms with van der Waals surface area (Å²) in [5, 5.41) is 8.79. The van der Waals surface area contributed by atoms with Gasteiger partial charge >= 0.3 is 5.97 Å². The van der Waals surface area contributed by atoms with E-state index in [0.717, 1.165) is 12.8 Å². The van der Waals surface area contributed by atoms with Gasteiger partial charge < -0.3 is 5.11 Å². The van der Waals surface area contributed by atoms with Crippen molar-refractivity contribution in [2.75, 3.05) is 0 Å². The molecule has 0 aromatic rings. The van der Waals surface area contributed by atoms with Gasteiger partial charge in [0.15, 0.2) is 0 Å². The van der Waals surface area contributed by atoms with Crippen LogP contribution in [0.15, 0.2) is 0 Å². The summed E-state index contributed by atoms with van der Waals surface area (Å²) in [6.45, 7) is 7.95. The number of carbonyl (C=O) groups is 2. The molecule has 1 unspecified atom stereocenters. The highest BCUT2D eigenvalue weighted by atomic mass is 16.4. The third-order valence-electron chi connectivity index (χ3n) is 2.75. The van der Waals surface area contributed by atoms with E-state index >= 15 is 0 Å². The molecule has 94 valence electrons. The van der Waals surface area contributed by atoms with E-state index in [1.54, 1.807) is 0 Å². The normalized spacial score (nSPS) is 13.1. The first-order chi connectivity index (χ1) is 7.32. The van der Waals surface area contributed by atoms with Crippen LogP contribution in [0.1, 0.15) is 53.4 Å². The van der Waals surface area contributed by atoms with Gasteiger partial charge in [-0.25, -0.2) is 0 Å². The van der Waals surface area contributed by atoms with Crippen LogP contribution >= 0.6 is 0 Å². The van der Waals surface area contributed by atoms with Crippen LogP contribution in [0.3, 0.4) is 0 Å². The van der Waals surface area contributed by atoms with Gasteiger partial charge in [0.2, 0.25) is 0 Å². The first kappa shape index (κ1) is 15.1. The Morgan fingerprint density at radius 3 is 1.94 bits per heavy atom. The number of aliphatic carboxylic acids is 1. The molecule has 0 aliphatic heterocycles. The van der Waals surface area contributed by atoms with Crippen LogP contribution in [0.25, 0.3) is 0 Å². The molecule has 1 N–H and O–H groups in total. The van der Waals surface area contributed by atoms with Crippen molar-refractivity contribution in [1.82, 2.24) is 0 Å². The van der Waals surface area contributed by atoms with E-state index in [0.29, 0.717) is 12.3 Å². The van der Waals surface area contributed by atoms with Crippen molar-refractivity contribution in [3.05, 3.63) is 0 Å². The average molecular weight is 228 g/mol. The second-order valence-electron chi connectivity index (χ2n) is 5.26. The van der Waals surface area contributed by atoms with Crippen LogP contribution in [-0.4, -0.2) is 16.9 Å². The smallest absolute Gasteiger partial charge is 0.303 e. The van der Waals surface area contributed by atoms with E-state index in [4.69, 9.17) is 5.11 Å². The van der Waals surface area contributed by atoms with E-state index in [-0.39, 0.29) is 24.0 Å². The molecule has 0 saturated carbocycles. The molecule has 3 heteroatoms. The minimum absolute atomic E-state index is 0.00907. The molecule has 0 aromatic carbocycles. The van der Waals surface area contributed by atoms with Crippen molar-refractivity contribution >= 4 is 11.8 Å². The zero-order valence-electron chi connectivity index (χ0n) is 10.8. The highest BCUT2D eigenvalue weighted by Gasteiger charge is 2.19. The van der Waals surface area contributed by atoms with Crippen molar-refractivity contribution in [1.29, 1.82) is 0 Å². The highest BCUT2D eigenvalue weighted by molar-refractivity contribution is 5.81. The molecule has 16 heavy (non-hydrogen) atoms. The number of carboxylic acids is 1. The highest BCUT2D eigenvalue weighted by Crippen LogP contribution is 2.21. The summed E-state index contributed by atoms with van der Waals surface area (Å²) in [6.07, 6.45) is 2.35. The minimum atomic E-state index is -0.801. The number of carbonyl (C=O) groups excluding carboxylic acids is 1. The topological polar surface area (TPSA) is 54.4 Å². The average Bonchev–Trinajstić information content (AvgIpc) is 2.12. The first-order valence-corrected chi connectivity index (χ1v) is 6.07. The van der Waals surface area contributed by atoms with Crippen molar-refractivity contribution in [3.63, 3.8) is 0 Å². The van der Waals surface area contributed by atoms with Gasteiger partial charge in [-0.2, -0.15) is 0 Å². The quantitative estimate of drug-likeness (QED) is 0.694. The molecule has 0 fully saturated rings. The number of ketones is 1. The zero-order chi connectivity index (χ0) is 12.7. The second kappa shape index (κ2) is 7.42. The van der Waals surface area contributed by atoms with Crippen LogP contribution in [-0.2, 0) is 9.59 Å². The van der Waals surface area contributed by atoms with Crippen molar-refractivity contribution in [3.8, 4) is 0 Å². The van der Waals surface area contributed by atoms with E-state index in [1.165, 1.54) is 0 Å². The fourth-order valence-corrected chi connectivity index (χ4v) is 1.61. The lowest BCUT2D eigenvalue weighted by atomic mass is 9.88. The van der Waals surface area contributed by atoms with Gasteiger partial charge in [0.05, 0.1) is 0 Å². The monoisotopic (exact) mass is 228 g/mol. The Bertz CT molecular complexity index is 231. The zero-order valence-corrected chi connectivity index (χ0v) is 10.8. The Labute approximate surface area is 98.2 Å². The van der Waals surface area contributed by atoms with Gasteiger partial charge in [0, 0.05) is 18.8 Å². The fraction of sp³-hybridized carbons (Fsp3) is 0.846. The molecule has 0 spiro atoms. The molecular formula is C13H24O3. The molecule has 0 rings (SSSR count). The molecule has 0 heterocycles. The lowest BCUT2D eigenvalue weighted by molar-refractivity contribution is -0.138. The summed E-state index contributed by atoms with van der Waals surface area (Å²) in [7, 11) is 0. The van der Waals surface area contributed by atoms with Crippen molar-refractivity contribution < 1.29 is 14.7 Å². The summed E-state index contributed by atoms with van der Waals surface area (Å²) < 4.78 is 0. The Morgan fingerprint density at radius 1 is 1.00 bits per heavy atom. The largest absolute Gasteiger partial charge is 0.481 e. The molecule has 0 radical (unpaired) electrons. The van der Waals surface area contributed by atoms with Gasteiger partial charge in [-0.1, -0.05) is 34.1 Å². The third-order valence-corrected chi connectivity index (χ3v) is 2.75. The maximum absolute atomic E-state index is 11.6. The standard InChI is InChI=1S/C13H24O3/c1-9(2)5-6-11(8-13(15)16)7-12(14)10(3)4/h9-11H,5-8H2,1-4H3,(H,15,16). The van der Waals surface area contributed by atoms with Crippen LogP contribution in [0, 0.1) is 17.8 Å². The first-order valence-electron chi connectivity index (χ1n) is 6.07. The van der Waals surface area contributed by atoms with Crippen molar-refractivity contribution in [2.45, 2.75) is 53.4 Å². The molecule has 0 aliphatic carbocycles. The van der Waals surface area contributed by atoms with E-state index in [2.05, 4.69) is 13.8 Å². The summed E-state index contributed by atoms with van der Waals surface area (Å²) in [5.74, 6) is -0.0455. The molecule has 0 aliphatic rings. The Morgan fingerprint density at radius 2 is 1.56 bits per heavy atom. The lowest BCUT2D eigenvalue weighted by Gasteiger charge is -2.16. The number of hydrogen-bond donors (Lipinski definition) is 1. The Balaban J connectivity index is 4.20. The lowest BCUT2D eigenvalue weighted by Crippen LogP contribution is -2.17. The molecule has 3 nitrogen and oxygen atoms in total. The molecule has 0 aromatic heterocycles. The minimum Gasteiger partial charge on any atom is -0.481 e. The van der Waals surface area contributed by atoms with E-state index < -0.39 is 5.97 Å².